The molecule has 0 saturated carbocycles. The van der Waals surface area contributed by atoms with Gasteiger partial charge in [-0.15, -0.1) is 0 Å². The normalized spacial score (nSPS) is 15.3. The molecule has 4 rings (SSSR count). The van der Waals surface area contributed by atoms with E-state index in [-0.39, 0.29) is 18.1 Å². The van der Waals surface area contributed by atoms with Gasteiger partial charge in [0.05, 0.1) is 16.7 Å². The number of carbonyl (C=O) groups is 1. The van der Waals surface area contributed by atoms with Crippen LogP contribution >= 0.6 is 15.9 Å². The number of hydrogen-bond acceptors (Lipinski definition) is 4. The number of nitrogens with zero attached hydrogens (tertiary/aromatic N) is 2. The molecule has 0 radical (unpaired) electrons. The molecule has 6 nitrogen and oxygen atoms in total. The molecule has 1 amide bonds. The van der Waals surface area contributed by atoms with Crippen molar-refractivity contribution in [3.8, 4) is 0 Å². The quantitative estimate of drug-likeness (QED) is 0.320. The van der Waals surface area contributed by atoms with Crippen LogP contribution in [0, 0.1) is 15.9 Å². The van der Waals surface area contributed by atoms with E-state index in [4.69, 9.17) is 4.74 Å². The van der Waals surface area contributed by atoms with Gasteiger partial charge in [-0.05, 0) is 57.6 Å². The van der Waals surface area contributed by atoms with Crippen LogP contribution in [0.5, 0.6) is 0 Å². The minimum absolute atomic E-state index is 0.0524. The van der Waals surface area contributed by atoms with Crippen LogP contribution in [0.2, 0.25) is 0 Å². The Hall–Kier alpha value is -3.26. The number of halogens is 2. The number of amides is 1. The van der Waals surface area contributed by atoms with Gasteiger partial charge in [0.25, 0.3) is 5.69 Å². The molecule has 0 bridgehead atoms. The predicted molar refractivity (Wildman–Crippen MR) is 117 cm³/mol. The van der Waals surface area contributed by atoms with Crippen LogP contribution in [-0.2, 0) is 17.8 Å². The summed E-state index contributed by atoms with van der Waals surface area (Å²) in [5.74, 6) is -0.366. The number of non-ortho nitro benzene ring substituents is 1. The van der Waals surface area contributed by atoms with E-state index in [1.54, 1.807) is 12.1 Å². The van der Waals surface area contributed by atoms with Gasteiger partial charge in [0, 0.05) is 16.6 Å². The molecule has 3 aromatic rings. The number of anilines is 1. The maximum atomic E-state index is 13.5. The van der Waals surface area contributed by atoms with Crippen molar-refractivity contribution in [1.82, 2.24) is 0 Å². The number of rotatable bonds is 4. The number of hydrogen-bond donors (Lipinski definition) is 0. The van der Waals surface area contributed by atoms with Crippen LogP contribution in [0.1, 0.15) is 29.2 Å². The van der Waals surface area contributed by atoms with Crippen LogP contribution in [0.25, 0.3) is 0 Å². The van der Waals surface area contributed by atoms with Gasteiger partial charge in [0.15, 0.2) is 0 Å². The molecule has 0 fully saturated rings. The molecular formula is C23H18BrFN2O4. The summed E-state index contributed by atoms with van der Waals surface area (Å²) in [4.78, 5) is 25.5. The first kappa shape index (κ1) is 21.0. The molecule has 1 aliphatic rings. The topological polar surface area (TPSA) is 72.7 Å². The third-order valence-corrected chi connectivity index (χ3v) is 5.84. The summed E-state index contributed by atoms with van der Waals surface area (Å²) < 4.78 is 19.5. The van der Waals surface area contributed by atoms with Crippen LogP contribution in [0.4, 0.5) is 20.6 Å². The SMILES string of the molecule is O=C(OCc1ccccc1)N1c2c(Br)cc([N+](=O)[O-])cc2CCC1c1ccc(F)cc1. The lowest BCUT2D eigenvalue weighted by Crippen LogP contribution is -2.39. The monoisotopic (exact) mass is 484 g/mol. The van der Waals surface area contributed by atoms with Crippen molar-refractivity contribution in [3.63, 3.8) is 0 Å². The molecule has 0 saturated heterocycles. The Bertz CT molecular complexity index is 1120. The average molecular weight is 485 g/mol. The van der Waals surface area contributed by atoms with Gasteiger partial charge in [0.1, 0.15) is 12.4 Å². The largest absolute Gasteiger partial charge is 0.444 e. The zero-order valence-corrected chi connectivity index (χ0v) is 17.9. The highest BCUT2D eigenvalue weighted by Crippen LogP contribution is 2.45. The Morgan fingerprint density at radius 1 is 1.16 bits per heavy atom. The fourth-order valence-corrected chi connectivity index (χ4v) is 4.47. The van der Waals surface area contributed by atoms with E-state index in [9.17, 15) is 19.3 Å². The number of ether oxygens (including phenoxy) is 1. The molecule has 0 spiro atoms. The highest BCUT2D eigenvalue weighted by molar-refractivity contribution is 9.10. The van der Waals surface area contributed by atoms with Crippen LogP contribution in [-0.4, -0.2) is 11.0 Å². The zero-order chi connectivity index (χ0) is 22.0. The highest BCUT2D eigenvalue weighted by Gasteiger charge is 2.36. The molecule has 1 aliphatic heterocycles. The van der Waals surface area contributed by atoms with Crippen molar-refractivity contribution in [3.05, 3.63) is 104 Å². The Kier molecular flexibility index (Phi) is 5.99. The minimum atomic E-state index is -0.575. The highest BCUT2D eigenvalue weighted by atomic mass is 79.9. The maximum absolute atomic E-state index is 13.5. The summed E-state index contributed by atoms with van der Waals surface area (Å²) >= 11 is 3.40. The van der Waals surface area contributed by atoms with Gasteiger partial charge >= 0.3 is 6.09 Å². The van der Waals surface area contributed by atoms with Crippen molar-refractivity contribution >= 4 is 33.4 Å². The number of nitro groups is 1. The van der Waals surface area contributed by atoms with E-state index in [0.29, 0.717) is 28.6 Å². The minimum Gasteiger partial charge on any atom is -0.444 e. The van der Waals surface area contributed by atoms with Gasteiger partial charge in [-0.2, -0.15) is 0 Å². The van der Waals surface area contributed by atoms with Crippen molar-refractivity contribution in [1.29, 1.82) is 0 Å². The Morgan fingerprint density at radius 2 is 1.87 bits per heavy atom. The second kappa shape index (κ2) is 8.85. The van der Waals surface area contributed by atoms with E-state index in [0.717, 1.165) is 11.1 Å². The maximum Gasteiger partial charge on any atom is 0.415 e. The number of benzene rings is 3. The van der Waals surface area contributed by atoms with E-state index < -0.39 is 17.1 Å². The first-order chi connectivity index (χ1) is 14.9. The predicted octanol–water partition coefficient (Wildman–Crippen LogP) is 6.33. The molecular weight excluding hydrogens is 467 g/mol. The van der Waals surface area contributed by atoms with Gasteiger partial charge < -0.3 is 4.74 Å². The number of carbonyl (C=O) groups excluding carboxylic acids is 1. The van der Waals surface area contributed by atoms with Crippen LogP contribution in [0.3, 0.4) is 0 Å². The van der Waals surface area contributed by atoms with Gasteiger partial charge in [-0.1, -0.05) is 42.5 Å². The summed E-state index contributed by atoms with van der Waals surface area (Å²) in [6.45, 7) is 0.0895. The Labute approximate surface area is 186 Å². The van der Waals surface area contributed by atoms with Crippen LogP contribution in [0.15, 0.2) is 71.2 Å². The van der Waals surface area contributed by atoms with Crippen molar-refractivity contribution in [2.24, 2.45) is 0 Å². The molecule has 158 valence electrons. The van der Waals surface area contributed by atoms with E-state index >= 15 is 0 Å². The first-order valence-electron chi connectivity index (χ1n) is 9.66. The molecule has 1 atom stereocenters. The lowest BCUT2D eigenvalue weighted by Gasteiger charge is -2.37. The third-order valence-electron chi connectivity index (χ3n) is 5.23. The van der Waals surface area contributed by atoms with E-state index in [1.807, 2.05) is 30.3 Å². The molecule has 0 aliphatic carbocycles. The Balaban J connectivity index is 1.72. The molecule has 0 N–H and O–H groups in total. The smallest absolute Gasteiger partial charge is 0.415 e. The lowest BCUT2D eigenvalue weighted by molar-refractivity contribution is -0.385. The molecule has 1 heterocycles. The second-order valence-corrected chi connectivity index (χ2v) is 8.06. The van der Waals surface area contributed by atoms with Gasteiger partial charge in [-0.3, -0.25) is 15.0 Å². The van der Waals surface area contributed by atoms with Crippen molar-refractivity contribution < 1.29 is 18.8 Å². The summed E-state index contributed by atoms with van der Waals surface area (Å²) in [6.07, 6.45) is 0.473. The molecule has 8 heteroatoms. The number of fused-ring (bicyclic) bond motifs is 1. The summed E-state index contributed by atoms with van der Waals surface area (Å²) in [5.41, 5.74) is 2.76. The fourth-order valence-electron chi connectivity index (χ4n) is 3.79. The third kappa shape index (κ3) is 4.44. The summed E-state index contributed by atoms with van der Waals surface area (Å²) in [5, 5.41) is 11.3. The van der Waals surface area contributed by atoms with E-state index in [2.05, 4.69) is 15.9 Å². The fraction of sp³-hybridized carbons (Fsp3) is 0.174. The summed E-state index contributed by atoms with van der Waals surface area (Å²) in [7, 11) is 0. The first-order valence-corrected chi connectivity index (χ1v) is 10.5. The molecule has 1 unspecified atom stereocenters. The molecule has 31 heavy (non-hydrogen) atoms. The standard InChI is InChI=1S/C23H18BrFN2O4/c24-20-13-19(27(29)30)12-17-8-11-21(16-6-9-18(25)10-7-16)26(22(17)20)23(28)31-14-15-4-2-1-3-5-15/h1-7,9-10,12-13,21H,8,11,14H2. The van der Waals surface area contributed by atoms with Gasteiger partial charge in [0.2, 0.25) is 0 Å². The number of nitro benzene ring substituents is 1. The molecule has 3 aromatic carbocycles. The summed E-state index contributed by atoms with van der Waals surface area (Å²) in [6, 6.07) is 17.8. The average Bonchev–Trinajstić information content (AvgIpc) is 2.78. The van der Waals surface area contributed by atoms with Crippen molar-refractivity contribution in [2.45, 2.75) is 25.5 Å². The van der Waals surface area contributed by atoms with E-state index in [1.165, 1.54) is 29.2 Å². The Morgan fingerprint density at radius 3 is 2.55 bits per heavy atom. The van der Waals surface area contributed by atoms with Gasteiger partial charge in [-0.25, -0.2) is 9.18 Å². The van der Waals surface area contributed by atoms with Crippen LogP contribution < -0.4 is 4.90 Å². The zero-order valence-electron chi connectivity index (χ0n) is 16.3. The molecule has 0 aromatic heterocycles. The van der Waals surface area contributed by atoms with Crippen molar-refractivity contribution in [2.75, 3.05) is 4.90 Å². The lowest BCUT2D eigenvalue weighted by atomic mass is 9.91. The second-order valence-electron chi connectivity index (χ2n) is 7.21. The number of aryl methyl sites for hydroxylation is 1.